The van der Waals surface area contributed by atoms with Gasteiger partial charge < -0.3 is 10.2 Å². The van der Waals surface area contributed by atoms with Crippen molar-refractivity contribution in [2.45, 2.75) is 32.7 Å². The molecule has 0 spiro atoms. The van der Waals surface area contributed by atoms with Gasteiger partial charge in [0.05, 0.1) is 15.5 Å². The van der Waals surface area contributed by atoms with E-state index in [1.807, 2.05) is 19.2 Å². The van der Waals surface area contributed by atoms with Crippen LogP contribution in [0, 0.1) is 5.41 Å². The molecule has 1 unspecified atom stereocenters. The lowest BCUT2D eigenvalue weighted by molar-refractivity contribution is -0.140. The van der Waals surface area contributed by atoms with Crippen molar-refractivity contribution in [3.63, 3.8) is 0 Å². The second kappa shape index (κ2) is 6.99. The van der Waals surface area contributed by atoms with Gasteiger partial charge in [0.1, 0.15) is 0 Å². The zero-order chi connectivity index (χ0) is 15.5. The lowest BCUT2D eigenvalue weighted by atomic mass is 9.81. The first kappa shape index (κ1) is 16.6. The fourth-order valence-corrected chi connectivity index (χ4v) is 3.51. The van der Waals surface area contributed by atoms with Crippen LogP contribution in [0.5, 0.6) is 0 Å². The van der Waals surface area contributed by atoms with Crippen molar-refractivity contribution >= 4 is 29.1 Å². The minimum atomic E-state index is -0.255. The van der Waals surface area contributed by atoms with Crippen LogP contribution in [-0.4, -0.2) is 30.9 Å². The molecule has 1 saturated heterocycles. The molecule has 1 aliphatic heterocycles. The topological polar surface area (TPSA) is 32.3 Å². The van der Waals surface area contributed by atoms with Gasteiger partial charge in [-0.25, -0.2) is 0 Å². The van der Waals surface area contributed by atoms with E-state index in [4.69, 9.17) is 23.2 Å². The molecule has 1 aromatic carbocycles. The summed E-state index contributed by atoms with van der Waals surface area (Å²) in [5.41, 5.74) is 0.631. The van der Waals surface area contributed by atoms with Crippen LogP contribution in [0.15, 0.2) is 18.2 Å². The quantitative estimate of drug-likeness (QED) is 0.893. The van der Waals surface area contributed by atoms with Crippen molar-refractivity contribution in [3.8, 4) is 0 Å². The van der Waals surface area contributed by atoms with Crippen molar-refractivity contribution in [1.82, 2.24) is 10.2 Å². The summed E-state index contributed by atoms with van der Waals surface area (Å²) in [5.74, 6) is 0.199. The molecule has 1 aliphatic rings. The number of nitrogens with one attached hydrogen (secondary N) is 1. The Labute approximate surface area is 136 Å². The van der Waals surface area contributed by atoms with Crippen LogP contribution in [0.1, 0.15) is 31.7 Å². The average molecular weight is 329 g/mol. The van der Waals surface area contributed by atoms with Gasteiger partial charge in [-0.05, 0) is 31.0 Å². The lowest BCUT2D eigenvalue weighted by Crippen LogP contribution is -2.43. The molecule has 1 heterocycles. The van der Waals surface area contributed by atoms with E-state index in [-0.39, 0.29) is 11.3 Å². The summed E-state index contributed by atoms with van der Waals surface area (Å²) in [4.78, 5) is 14.6. The summed E-state index contributed by atoms with van der Waals surface area (Å²) in [5, 5.41) is 4.39. The van der Waals surface area contributed by atoms with Gasteiger partial charge in [-0.3, -0.25) is 4.79 Å². The van der Waals surface area contributed by atoms with E-state index in [9.17, 15) is 4.79 Å². The Hall–Kier alpha value is -0.770. The highest BCUT2D eigenvalue weighted by Crippen LogP contribution is 2.34. The molecule has 1 atom stereocenters. The summed E-state index contributed by atoms with van der Waals surface area (Å²) in [6.07, 6.45) is 2.85. The molecule has 5 heteroatoms. The maximum absolute atomic E-state index is 12.9. The lowest BCUT2D eigenvalue weighted by Gasteiger charge is -2.32. The summed E-state index contributed by atoms with van der Waals surface area (Å²) in [6.45, 7) is 4.30. The van der Waals surface area contributed by atoms with Gasteiger partial charge in [0, 0.05) is 20.1 Å². The number of hydrogen-bond donors (Lipinski definition) is 1. The Morgan fingerprint density at radius 3 is 2.81 bits per heavy atom. The molecule has 0 saturated carbocycles. The van der Waals surface area contributed by atoms with E-state index >= 15 is 0 Å². The maximum atomic E-state index is 12.9. The van der Waals surface area contributed by atoms with E-state index in [1.165, 1.54) is 0 Å². The molecular formula is C16H22Cl2N2O. The van der Waals surface area contributed by atoms with Gasteiger partial charge in [0.15, 0.2) is 0 Å². The van der Waals surface area contributed by atoms with Crippen LogP contribution < -0.4 is 5.32 Å². The van der Waals surface area contributed by atoms with Crippen LogP contribution in [0.3, 0.4) is 0 Å². The summed E-state index contributed by atoms with van der Waals surface area (Å²) < 4.78 is 0. The predicted molar refractivity (Wildman–Crippen MR) is 87.8 cm³/mol. The monoisotopic (exact) mass is 328 g/mol. The fourth-order valence-electron chi connectivity index (χ4n) is 3.13. The Morgan fingerprint density at radius 2 is 2.19 bits per heavy atom. The highest BCUT2D eigenvalue weighted by Gasteiger charge is 2.41. The highest BCUT2D eigenvalue weighted by molar-refractivity contribution is 6.42. The van der Waals surface area contributed by atoms with Gasteiger partial charge in [0.2, 0.25) is 5.91 Å². The fraction of sp³-hybridized carbons (Fsp3) is 0.562. The van der Waals surface area contributed by atoms with Crippen LogP contribution in [0.2, 0.25) is 10.0 Å². The van der Waals surface area contributed by atoms with Crippen molar-refractivity contribution < 1.29 is 4.79 Å². The van der Waals surface area contributed by atoms with Crippen LogP contribution in [0.4, 0.5) is 0 Å². The zero-order valence-electron chi connectivity index (χ0n) is 12.6. The molecule has 0 bridgehead atoms. The minimum Gasteiger partial charge on any atom is -0.341 e. The molecule has 116 valence electrons. The smallest absolute Gasteiger partial charge is 0.230 e. The summed E-state index contributed by atoms with van der Waals surface area (Å²) >= 11 is 12.3. The number of hydrogen-bond acceptors (Lipinski definition) is 2. The number of halogens is 2. The van der Waals surface area contributed by atoms with E-state index in [0.29, 0.717) is 16.6 Å². The largest absolute Gasteiger partial charge is 0.341 e. The van der Waals surface area contributed by atoms with Crippen LogP contribution in [0.25, 0.3) is 0 Å². The third-order valence-corrected chi connectivity index (χ3v) is 5.07. The van der Waals surface area contributed by atoms with Gasteiger partial charge >= 0.3 is 0 Å². The van der Waals surface area contributed by atoms with E-state index in [1.54, 1.807) is 11.0 Å². The number of carbonyl (C=O) groups is 1. The Balaban J connectivity index is 2.13. The van der Waals surface area contributed by atoms with Gasteiger partial charge in [-0.2, -0.15) is 0 Å². The summed E-state index contributed by atoms with van der Waals surface area (Å²) in [7, 11) is 1.84. The van der Waals surface area contributed by atoms with Crippen LogP contribution >= 0.6 is 23.2 Å². The molecule has 21 heavy (non-hydrogen) atoms. The van der Waals surface area contributed by atoms with Crippen molar-refractivity contribution in [2.24, 2.45) is 5.41 Å². The highest BCUT2D eigenvalue weighted by atomic mass is 35.5. The molecular weight excluding hydrogens is 307 g/mol. The van der Waals surface area contributed by atoms with E-state index in [2.05, 4.69) is 12.2 Å². The molecule has 1 N–H and O–H groups in total. The minimum absolute atomic E-state index is 0.199. The van der Waals surface area contributed by atoms with E-state index < -0.39 is 0 Å². The second-order valence-electron chi connectivity index (χ2n) is 5.83. The Bertz CT molecular complexity index is 513. The van der Waals surface area contributed by atoms with Gasteiger partial charge in [-0.1, -0.05) is 48.7 Å². The molecule has 3 nitrogen and oxygen atoms in total. The average Bonchev–Trinajstić information content (AvgIpc) is 2.93. The van der Waals surface area contributed by atoms with Crippen molar-refractivity contribution in [2.75, 3.05) is 20.1 Å². The third-order valence-electron chi connectivity index (χ3n) is 4.21. The number of rotatable bonds is 5. The SMILES string of the molecule is CCCC1(C(=O)N(C)Cc2cccc(Cl)c2Cl)CCNC1. The van der Waals surface area contributed by atoms with Gasteiger partial charge in [0.25, 0.3) is 0 Å². The number of carbonyl (C=O) groups excluding carboxylic acids is 1. The number of amides is 1. The summed E-state index contributed by atoms with van der Waals surface area (Å²) in [6, 6.07) is 5.53. The molecule has 0 aromatic heterocycles. The second-order valence-corrected chi connectivity index (χ2v) is 6.62. The molecule has 2 rings (SSSR count). The number of nitrogens with zero attached hydrogens (tertiary/aromatic N) is 1. The molecule has 1 aromatic rings. The Kier molecular flexibility index (Phi) is 5.53. The first-order valence-corrected chi connectivity index (χ1v) is 8.15. The van der Waals surface area contributed by atoms with Crippen molar-refractivity contribution in [3.05, 3.63) is 33.8 Å². The molecule has 1 amide bonds. The van der Waals surface area contributed by atoms with Gasteiger partial charge in [-0.15, -0.1) is 0 Å². The Morgan fingerprint density at radius 1 is 1.43 bits per heavy atom. The standard InChI is InChI=1S/C16H22Cl2N2O/c1-3-7-16(8-9-19-11-16)15(21)20(2)10-12-5-4-6-13(17)14(12)18/h4-6,19H,3,7-11H2,1-2H3. The molecule has 0 aliphatic carbocycles. The zero-order valence-corrected chi connectivity index (χ0v) is 14.1. The maximum Gasteiger partial charge on any atom is 0.230 e. The van der Waals surface area contributed by atoms with E-state index in [0.717, 1.165) is 37.9 Å². The third kappa shape index (κ3) is 3.53. The van der Waals surface area contributed by atoms with Crippen molar-refractivity contribution in [1.29, 1.82) is 0 Å². The number of benzene rings is 1. The normalized spacial score (nSPS) is 21.5. The molecule has 1 fully saturated rings. The van der Waals surface area contributed by atoms with Crippen LogP contribution in [-0.2, 0) is 11.3 Å². The first-order valence-electron chi connectivity index (χ1n) is 7.39. The molecule has 0 radical (unpaired) electrons. The first-order chi connectivity index (χ1) is 10.00. The predicted octanol–water partition coefficient (Wildman–Crippen LogP) is 3.73.